The summed E-state index contributed by atoms with van der Waals surface area (Å²) in [6.45, 7) is 5.34. The first-order valence-electron chi connectivity index (χ1n) is 6.29. The monoisotopic (exact) mass is 276 g/mol. The molecule has 0 aliphatic heterocycles. The summed E-state index contributed by atoms with van der Waals surface area (Å²) >= 11 is 0. The largest absolute Gasteiger partial charge is 0.389 e. The number of rotatable bonds is 4. The van der Waals surface area contributed by atoms with E-state index < -0.39 is 5.60 Å². The zero-order valence-electron chi connectivity index (χ0n) is 11.7. The Morgan fingerprint density at radius 3 is 2.55 bits per heavy atom. The molecule has 0 unspecified atom stereocenters. The van der Waals surface area contributed by atoms with Crippen LogP contribution < -0.4 is 5.32 Å². The van der Waals surface area contributed by atoms with E-state index in [4.69, 9.17) is 0 Å². The van der Waals surface area contributed by atoms with Crippen molar-refractivity contribution in [2.45, 2.75) is 26.4 Å². The van der Waals surface area contributed by atoms with Crippen LogP contribution >= 0.6 is 0 Å². The van der Waals surface area contributed by atoms with E-state index in [1.807, 2.05) is 0 Å². The number of hydrogen-bond acceptors (Lipinski definition) is 5. The molecule has 0 saturated heterocycles. The molecular weight excluding hydrogens is 259 g/mol. The number of halogens is 1. The highest BCUT2D eigenvalue weighted by Gasteiger charge is 2.14. The van der Waals surface area contributed by atoms with Crippen LogP contribution in [-0.4, -0.2) is 32.2 Å². The number of aryl methyl sites for hydroxylation is 1. The van der Waals surface area contributed by atoms with E-state index >= 15 is 0 Å². The minimum Gasteiger partial charge on any atom is -0.389 e. The molecule has 20 heavy (non-hydrogen) atoms. The third kappa shape index (κ3) is 3.71. The van der Waals surface area contributed by atoms with Crippen LogP contribution in [0, 0.1) is 12.7 Å². The Hall–Kier alpha value is -2.08. The molecule has 0 spiro atoms. The van der Waals surface area contributed by atoms with Gasteiger partial charge >= 0.3 is 0 Å². The van der Waals surface area contributed by atoms with Crippen LogP contribution in [-0.2, 0) is 0 Å². The van der Waals surface area contributed by atoms with Gasteiger partial charge in [-0.2, -0.15) is 9.97 Å². The van der Waals surface area contributed by atoms with E-state index in [2.05, 4.69) is 20.3 Å². The van der Waals surface area contributed by atoms with E-state index in [0.29, 0.717) is 17.3 Å². The lowest BCUT2D eigenvalue weighted by atomic mass is 10.1. The molecule has 0 amide bonds. The minimum absolute atomic E-state index is 0.272. The second kappa shape index (κ2) is 5.50. The summed E-state index contributed by atoms with van der Waals surface area (Å²) in [6.07, 6.45) is 0. The second-order valence-electron chi connectivity index (χ2n) is 5.18. The Morgan fingerprint density at radius 2 is 1.90 bits per heavy atom. The van der Waals surface area contributed by atoms with Gasteiger partial charge in [-0.1, -0.05) is 12.1 Å². The van der Waals surface area contributed by atoms with E-state index in [-0.39, 0.29) is 18.2 Å². The highest BCUT2D eigenvalue weighted by Crippen LogP contribution is 2.19. The zero-order chi connectivity index (χ0) is 14.8. The van der Waals surface area contributed by atoms with Crippen molar-refractivity contribution in [1.82, 2.24) is 15.0 Å². The highest BCUT2D eigenvalue weighted by atomic mass is 19.1. The van der Waals surface area contributed by atoms with Crippen molar-refractivity contribution < 1.29 is 9.50 Å². The van der Waals surface area contributed by atoms with Crippen molar-refractivity contribution in [1.29, 1.82) is 0 Å². The SMILES string of the molecule is Cc1nc(NCC(C)(C)O)nc(-c2ccccc2F)n1. The number of benzene rings is 1. The first kappa shape index (κ1) is 14.3. The van der Waals surface area contributed by atoms with Gasteiger partial charge in [0.1, 0.15) is 11.6 Å². The van der Waals surface area contributed by atoms with Gasteiger partial charge in [-0.3, -0.25) is 0 Å². The van der Waals surface area contributed by atoms with Gasteiger partial charge < -0.3 is 10.4 Å². The lowest BCUT2D eigenvalue weighted by molar-refractivity contribution is 0.0943. The number of nitrogens with one attached hydrogen (secondary N) is 1. The summed E-state index contributed by atoms with van der Waals surface area (Å²) in [5.41, 5.74) is -0.567. The van der Waals surface area contributed by atoms with Crippen LogP contribution in [0.5, 0.6) is 0 Å². The van der Waals surface area contributed by atoms with Crippen molar-refractivity contribution in [3.8, 4) is 11.4 Å². The number of nitrogens with zero attached hydrogens (tertiary/aromatic N) is 3. The van der Waals surface area contributed by atoms with Crippen molar-refractivity contribution in [2.75, 3.05) is 11.9 Å². The van der Waals surface area contributed by atoms with Gasteiger partial charge in [-0.05, 0) is 32.9 Å². The molecule has 0 bridgehead atoms. The van der Waals surface area contributed by atoms with Gasteiger partial charge in [0.05, 0.1) is 11.2 Å². The standard InChI is InChI=1S/C14H17FN4O/c1-9-17-12(10-6-4-5-7-11(10)15)19-13(18-9)16-8-14(2,3)20/h4-7,20H,8H2,1-3H3,(H,16,17,18,19). The van der Waals surface area contributed by atoms with Gasteiger partial charge in [-0.15, -0.1) is 0 Å². The van der Waals surface area contributed by atoms with E-state index in [0.717, 1.165) is 0 Å². The van der Waals surface area contributed by atoms with Crippen LogP contribution in [0.1, 0.15) is 19.7 Å². The molecular formula is C14H17FN4O. The quantitative estimate of drug-likeness (QED) is 0.895. The molecule has 2 rings (SSSR count). The zero-order valence-corrected chi connectivity index (χ0v) is 11.7. The maximum Gasteiger partial charge on any atom is 0.226 e. The smallest absolute Gasteiger partial charge is 0.226 e. The van der Waals surface area contributed by atoms with Gasteiger partial charge in [0.25, 0.3) is 0 Å². The third-order valence-corrected chi connectivity index (χ3v) is 2.54. The van der Waals surface area contributed by atoms with Gasteiger partial charge in [0.2, 0.25) is 5.95 Å². The molecule has 1 aromatic carbocycles. The molecule has 6 heteroatoms. The molecule has 5 nitrogen and oxygen atoms in total. The van der Waals surface area contributed by atoms with Gasteiger partial charge in [0, 0.05) is 6.54 Å². The summed E-state index contributed by atoms with van der Waals surface area (Å²) in [5, 5.41) is 12.6. The fraction of sp³-hybridized carbons (Fsp3) is 0.357. The summed E-state index contributed by atoms with van der Waals surface area (Å²) in [4.78, 5) is 12.5. The molecule has 1 aromatic heterocycles. The first-order chi connectivity index (χ1) is 9.35. The fourth-order valence-electron chi connectivity index (χ4n) is 1.62. The van der Waals surface area contributed by atoms with E-state index in [9.17, 15) is 9.50 Å². The van der Waals surface area contributed by atoms with Crippen LogP contribution in [0.4, 0.5) is 10.3 Å². The molecule has 0 saturated carbocycles. The molecule has 106 valence electrons. The van der Waals surface area contributed by atoms with Crippen molar-refractivity contribution >= 4 is 5.95 Å². The predicted molar refractivity (Wildman–Crippen MR) is 74.7 cm³/mol. The number of aliphatic hydroxyl groups is 1. The summed E-state index contributed by atoms with van der Waals surface area (Å²) in [7, 11) is 0. The van der Waals surface area contributed by atoms with Crippen LogP contribution in [0.25, 0.3) is 11.4 Å². The fourth-order valence-corrected chi connectivity index (χ4v) is 1.62. The van der Waals surface area contributed by atoms with Crippen LogP contribution in [0.2, 0.25) is 0 Å². The predicted octanol–water partition coefficient (Wildman–Crippen LogP) is 2.17. The van der Waals surface area contributed by atoms with Crippen molar-refractivity contribution in [2.24, 2.45) is 0 Å². The Balaban J connectivity index is 2.32. The number of anilines is 1. The molecule has 0 aliphatic carbocycles. The summed E-state index contributed by atoms with van der Waals surface area (Å²) in [5.74, 6) is 0.690. The Morgan fingerprint density at radius 1 is 1.20 bits per heavy atom. The number of aromatic nitrogens is 3. The highest BCUT2D eigenvalue weighted by molar-refractivity contribution is 5.56. The van der Waals surface area contributed by atoms with Crippen LogP contribution in [0.3, 0.4) is 0 Å². The Kier molecular flexibility index (Phi) is 3.94. The van der Waals surface area contributed by atoms with Gasteiger partial charge in [-0.25, -0.2) is 9.37 Å². The Bertz CT molecular complexity index is 610. The third-order valence-electron chi connectivity index (χ3n) is 2.54. The van der Waals surface area contributed by atoms with E-state index in [1.165, 1.54) is 6.07 Å². The second-order valence-corrected chi connectivity index (χ2v) is 5.18. The molecule has 2 aromatic rings. The van der Waals surface area contributed by atoms with Gasteiger partial charge in [0.15, 0.2) is 5.82 Å². The van der Waals surface area contributed by atoms with Crippen molar-refractivity contribution in [3.63, 3.8) is 0 Å². The molecule has 1 heterocycles. The lowest BCUT2D eigenvalue weighted by Crippen LogP contribution is -2.30. The maximum atomic E-state index is 13.8. The average Bonchev–Trinajstić information content (AvgIpc) is 2.35. The minimum atomic E-state index is -0.890. The van der Waals surface area contributed by atoms with Crippen molar-refractivity contribution in [3.05, 3.63) is 35.9 Å². The normalized spacial score (nSPS) is 11.4. The van der Waals surface area contributed by atoms with E-state index in [1.54, 1.807) is 39.0 Å². The molecule has 2 N–H and O–H groups in total. The molecule has 0 radical (unpaired) electrons. The Labute approximate surface area is 116 Å². The lowest BCUT2D eigenvalue weighted by Gasteiger charge is -2.17. The topological polar surface area (TPSA) is 70.9 Å². The average molecular weight is 276 g/mol. The maximum absolute atomic E-state index is 13.8. The van der Waals surface area contributed by atoms with Crippen LogP contribution in [0.15, 0.2) is 24.3 Å². The molecule has 0 fully saturated rings. The number of hydrogen-bond donors (Lipinski definition) is 2. The summed E-state index contributed by atoms with van der Waals surface area (Å²) in [6, 6.07) is 6.31. The first-order valence-corrected chi connectivity index (χ1v) is 6.29. The molecule has 0 atom stereocenters. The summed E-state index contributed by atoms with van der Waals surface area (Å²) < 4.78 is 13.8. The molecule has 0 aliphatic rings.